The second-order valence-electron chi connectivity index (χ2n) is 9.00. The number of fused-ring (bicyclic) bond motifs is 1. The van der Waals surface area contributed by atoms with Crippen LogP contribution in [-0.2, 0) is 0 Å². The van der Waals surface area contributed by atoms with Gasteiger partial charge in [0.2, 0.25) is 0 Å². The van der Waals surface area contributed by atoms with E-state index in [1.165, 1.54) is 0 Å². The van der Waals surface area contributed by atoms with E-state index in [9.17, 15) is 9.90 Å². The monoisotopic (exact) mass is 476 g/mol. The quantitative estimate of drug-likeness (QED) is 0.269. The van der Waals surface area contributed by atoms with Crippen molar-refractivity contribution in [1.82, 2.24) is 0 Å². The highest BCUT2D eigenvalue weighted by atomic mass is 16.4. The Bertz CT molecular complexity index is 1710. The molecule has 0 fully saturated rings. The van der Waals surface area contributed by atoms with Crippen LogP contribution in [-0.4, -0.2) is 11.1 Å². The van der Waals surface area contributed by atoms with E-state index >= 15 is 0 Å². The Hall–Kier alpha value is -4.95. The molecular formula is C35H24O2. The predicted molar refractivity (Wildman–Crippen MR) is 153 cm³/mol. The third-order valence-electron chi connectivity index (χ3n) is 6.81. The zero-order valence-electron chi connectivity index (χ0n) is 20.1. The van der Waals surface area contributed by atoms with Crippen LogP contribution < -0.4 is 0 Å². The molecule has 0 aromatic heterocycles. The van der Waals surface area contributed by atoms with Gasteiger partial charge in [0, 0.05) is 5.39 Å². The Kier molecular flexibility index (Phi) is 5.84. The topological polar surface area (TPSA) is 37.3 Å². The maximum absolute atomic E-state index is 12.6. The van der Waals surface area contributed by atoms with Crippen LogP contribution in [0.3, 0.4) is 0 Å². The van der Waals surface area contributed by atoms with Crippen molar-refractivity contribution in [2.45, 2.75) is 0 Å². The number of carbonyl (C=O) groups is 1. The van der Waals surface area contributed by atoms with E-state index in [-0.39, 0.29) is 0 Å². The average Bonchev–Trinajstić information content (AvgIpc) is 2.97. The van der Waals surface area contributed by atoms with Crippen LogP contribution in [0.2, 0.25) is 0 Å². The molecule has 0 spiro atoms. The maximum Gasteiger partial charge on any atom is 0.336 e. The third-order valence-corrected chi connectivity index (χ3v) is 6.81. The van der Waals surface area contributed by atoms with Crippen molar-refractivity contribution in [3.05, 3.63) is 145 Å². The van der Waals surface area contributed by atoms with E-state index in [2.05, 4.69) is 66.7 Å². The second kappa shape index (κ2) is 9.60. The van der Waals surface area contributed by atoms with E-state index in [0.717, 1.165) is 55.3 Å². The zero-order chi connectivity index (χ0) is 25.2. The average molecular weight is 477 g/mol. The zero-order valence-corrected chi connectivity index (χ0v) is 20.1. The molecule has 0 bridgehead atoms. The molecule has 0 heterocycles. The number of rotatable bonds is 5. The number of aromatic carboxylic acids is 1. The Balaban J connectivity index is 1.95. The van der Waals surface area contributed by atoms with E-state index in [4.69, 9.17) is 0 Å². The molecule has 0 aliphatic carbocycles. The molecule has 1 N–H and O–H groups in total. The van der Waals surface area contributed by atoms with Crippen molar-refractivity contribution in [1.29, 1.82) is 0 Å². The first-order chi connectivity index (χ1) is 18.2. The normalized spacial score (nSPS) is 10.9. The van der Waals surface area contributed by atoms with Gasteiger partial charge in [-0.3, -0.25) is 0 Å². The van der Waals surface area contributed by atoms with Gasteiger partial charge in [-0.2, -0.15) is 0 Å². The largest absolute Gasteiger partial charge is 0.478 e. The first-order valence-electron chi connectivity index (χ1n) is 12.3. The van der Waals surface area contributed by atoms with Crippen LogP contribution in [0.15, 0.2) is 140 Å². The van der Waals surface area contributed by atoms with Gasteiger partial charge in [-0.25, -0.2) is 4.79 Å². The Labute approximate surface area is 216 Å². The molecule has 0 atom stereocenters. The van der Waals surface area contributed by atoms with Crippen molar-refractivity contribution in [2.75, 3.05) is 0 Å². The molecule has 176 valence electrons. The minimum absolute atomic E-state index is 0.297. The van der Waals surface area contributed by atoms with Crippen LogP contribution in [0.4, 0.5) is 0 Å². The number of carboxylic acids is 1. The first-order valence-corrected chi connectivity index (χ1v) is 12.3. The van der Waals surface area contributed by atoms with Gasteiger partial charge in [0.15, 0.2) is 0 Å². The summed E-state index contributed by atoms with van der Waals surface area (Å²) in [6.45, 7) is 0. The third kappa shape index (κ3) is 3.99. The lowest BCUT2D eigenvalue weighted by Crippen LogP contribution is -2.03. The van der Waals surface area contributed by atoms with Crippen molar-refractivity contribution in [2.24, 2.45) is 0 Å². The molecule has 6 rings (SSSR count). The molecule has 6 aromatic rings. The predicted octanol–water partition coefficient (Wildman–Crippen LogP) is 9.21. The smallest absolute Gasteiger partial charge is 0.336 e. The van der Waals surface area contributed by atoms with Crippen LogP contribution in [0.5, 0.6) is 0 Å². The summed E-state index contributed by atoms with van der Waals surface area (Å²) in [6, 6.07) is 46.7. The summed E-state index contributed by atoms with van der Waals surface area (Å²) in [5.74, 6) is -0.937. The molecule has 0 amide bonds. The van der Waals surface area contributed by atoms with Crippen molar-refractivity contribution in [3.8, 4) is 44.5 Å². The maximum atomic E-state index is 12.6. The molecule has 0 saturated carbocycles. The lowest BCUT2D eigenvalue weighted by Gasteiger charge is -2.25. The fraction of sp³-hybridized carbons (Fsp3) is 0. The molecular weight excluding hydrogens is 452 g/mol. The molecule has 0 radical (unpaired) electrons. The van der Waals surface area contributed by atoms with Gasteiger partial charge in [0.1, 0.15) is 0 Å². The van der Waals surface area contributed by atoms with Crippen LogP contribution in [0.1, 0.15) is 10.4 Å². The van der Waals surface area contributed by atoms with Crippen molar-refractivity contribution < 1.29 is 9.90 Å². The van der Waals surface area contributed by atoms with Crippen molar-refractivity contribution in [3.63, 3.8) is 0 Å². The number of carboxylic acid groups (broad SMARTS) is 1. The molecule has 2 heteroatoms. The lowest BCUT2D eigenvalue weighted by molar-refractivity contribution is 0.0699. The summed E-state index contributed by atoms with van der Waals surface area (Å²) in [5.41, 5.74) is 8.53. The molecule has 6 aromatic carbocycles. The standard InChI is InChI=1S/C35H24O2/c36-35(37)29-23-13-22-28-30(24-14-5-1-6-15-24)31(25-16-7-2-8-17-25)32(26-18-9-3-10-19-26)33(34(28)29)27-20-11-4-12-21-27/h1-23H,(H,36,37). The van der Waals surface area contributed by atoms with Gasteiger partial charge in [0.05, 0.1) is 5.56 Å². The Morgan fingerprint density at radius 2 is 0.784 bits per heavy atom. The van der Waals surface area contributed by atoms with Gasteiger partial charge in [-0.1, -0.05) is 133 Å². The number of hydrogen-bond acceptors (Lipinski definition) is 1. The van der Waals surface area contributed by atoms with Crippen LogP contribution in [0.25, 0.3) is 55.3 Å². The van der Waals surface area contributed by atoms with E-state index < -0.39 is 5.97 Å². The highest BCUT2D eigenvalue weighted by Crippen LogP contribution is 2.51. The van der Waals surface area contributed by atoms with Crippen LogP contribution >= 0.6 is 0 Å². The second-order valence-corrected chi connectivity index (χ2v) is 9.00. The summed E-state index contributed by atoms with van der Waals surface area (Å²) in [7, 11) is 0. The minimum Gasteiger partial charge on any atom is -0.478 e. The lowest BCUT2D eigenvalue weighted by atomic mass is 9.78. The summed E-state index contributed by atoms with van der Waals surface area (Å²) >= 11 is 0. The van der Waals surface area contributed by atoms with Gasteiger partial charge >= 0.3 is 5.97 Å². The van der Waals surface area contributed by atoms with Gasteiger partial charge in [0.25, 0.3) is 0 Å². The van der Waals surface area contributed by atoms with Gasteiger partial charge < -0.3 is 5.11 Å². The summed E-state index contributed by atoms with van der Waals surface area (Å²) < 4.78 is 0. The van der Waals surface area contributed by atoms with E-state index in [0.29, 0.717) is 5.56 Å². The number of hydrogen-bond donors (Lipinski definition) is 1. The Morgan fingerprint density at radius 3 is 1.22 bits per heavy atom. The fourth-order valence-corrected chi connectivity index (χ4v) is 5.30. The summed E-state index contributed by atoms with van der Waals surface area (Å²) in [4.78, 5) is 12.6. The van der Waals surface area contributed by atoms with E-state index in [1.54, 1.807) is 6.07 Å². The first kappa shape index (κ1) is 22.5. The minimum atomic E-state index is -0.937. The molecule has 0 aliphatic rings. The highest BCUT2D eigenvalue weighted by Gasteiger charge is 2.26. The molecule has 0 saturated heterocycles. The SMILES string of the molecule is O=C(O)c1cccc2c(-c3ccccc3)c(-c3ccccc3)c(-c3ccccc3)c(-c3ccccc3)c12. The van der Waals surface area contributed by atoms with Gasteiger partial charge in [-0.15, -0.1) is 0 Å². The van der Waals surface area contributed by atoms with Gasteiger partial charge in [-0.05, 0) is 56.0 Å². The number of benzene rings is 6. The van der Waals surface area contributed by atoms with Crippen molar-refractivity contribution >= 4 is 16.7 Å². The molecule has 37 heavy (non-hydrogen) atoms. The highest BCUT2D eigenvalue weighted by molar-refractivity contribution is 6.22. The van der Waals surface area contributed by atoms with E-state index in [1.807, 2.05) is 66.7 Å². The summed E-state index contributed by atoms with van der Waals surface area (Å²) in [6.07, 6.45) is 0. The summed E-state index contributed by atoms with van der Waals surface area (Å²) in [5, 5.41) is 12.0. The molecule has 2 nitrogen and oxygen atoms in total. The molecule has 0 unspecified atom stereocenters. The fourth-order valence-electron chi connectivity index (χ4n) is 5.30. The van der Waals surface area contributed by atoms with Crippen LogP contribution in [0, 0.1) is 0 Å². The Morgan fingerprint density at radius 1 is 0.405 bits per heavy atom. The molecule has 0 aliphatic heterocycles.